The predicted octanol–water partition coefficient (Wildman–Crippen LogP) is -2.18. The number of aliphatic hydroxyl groups is 2. The number of methoxy groups -OCH3 is 1. The number of hydrogen-bond donors (Lipinski definition) is 4. The highest BCUT2D eigenvalue weighted by molar-refractivity contribution is 5.81. The fourth-order valence-corrected chi connectivity index (χ4v) is 0.833. The number of nitrogens with one attached hydrogen (secondary N) is 1. The van der Waals surface area contributed by atoms with E-state index in [1.165, 1.54) is 7.11 Å². The molecule has 0 spiro atoms. The van der Waals surface area contributed by atoms with Gasteiger partial charge in [-0.3, -0.25) is 4.79 Å². The highest BCUT2D eigenvalue weighted by Gasteiger charge is 2.16. The standard InChI is InChI=1S/C8H18N2O4/c1-14-3-2-7(9)8(13)10-6(4-11)5-12/h6-7,11-12H,2-5,9H2,1H3,(H,10,13). The van der Waals surface area contributed by atoms with E-state index in [2.05, 4.69) is 5.32 Å². The Morgan fingerprint density at radius 2 is 2.07 bits per heavy atom. The molecule has 84 valence electrons. The van der Waals surface area contributed by atoms with Crippen LogP contribution in [0.2, 0.25) is 0 Å². The number of hydrogen-bond acceptors (Lipinski definition) is 5. The maximum Gasteiger partial charge on any atom is 0.237 e. The van der Waals surface area contributed by atoms with Crippen molar-refractivity contribution in [1.82, 2.24) is 5.32 Å². The van der Waals surface area contributed by atoms with Crippen molar-refractivity contribution in [2.75, 3.05) is 26.9 Å². The van der Waals surface area contributed by atoms with Crippen LogP contribution >= 0.6 is 0 Å². The predicted molar refractivity (Wildman–Crippen MR) is 50.6 cm³/mol. The van der Waals surface area contributed by atoms with Crippen molar-refractivity contribution in [3.63, 3.8) is 0 Å². The molecule has 1 amide bonds. The highest BCUT2D eigenvalue weighted by atomic mass is 16.5. The molecule has 0 saturated carbocycles. The Hall–Kier alpha value is -0.690. The second-order valence-corrected chi connectivity index (χ2v) is 2.96. The van der Waals surface area contributed by atoms with E-state index in [-0.39, 0.29) is 13.2 Å². The van der Waals surface area contributed by atoms with Gasteiger partial charge in [-0.1, -0.05) is 0 Å². The number of rotatable bonds is 7. The summed E-state index contributed by atoms with van der Waals surface area (Å²) in [4.78, 5) is 11.3. The number of amides is 1. The molecule has 14 heavy (non-hydrogen) atoms. The van der Waals surface area contributed by atoms with Crippen LogP contribution in [0.4, 0.5) is 0 Å². The van der Waals surface area contributed by atoms with Gasteiger partial charge in [-0.05, 0) is 6.42 Å². The van der Waals surface area contributed by atoms with Crippen molar-refractivity contribution >= 4 is 5.91 Å². The Balaban J connectivity index is 3.81. The van der Waals surface area contributed by atoms with Crippen LogP contribution in [0.15, 0.2) is 0 Å². The lowest BCUT2D eigenvalue weighted by Gasteiger charge is -2.16. The van der Waals surface area contributed by atoms with Crippen LogP contribution in [0, 0.1) is 0 Å². The van der Waals surface area contributed by atoms with Crippen molar-refractivity contribution in [3.05, 3.63) is 0 Å². The first kappa shape index (κ1) is 13.3. The van der Waals surface area contributed by atoms with Gasteiger partial charge >= 0.3 is 0 Å². The van der Waals surface area contributed by atoms with E-state index in [4.69, 9.17) is 20.7 Å². The fraction of sp³-hybridized carbons (Fsp3) is 0.875. The normalized spacial score (nSPS) is 12.9. The molecule has 0 radical (unpaired) electrons. The first-order valence-corrected chi connectivity index (χ1v) is 4.42. The molecule has 0 rings (SSSR count). The summed E-state index contributed by atoms with van der Waals surface area (Å²) < 4.78 is 4.76. The molecule has 6 nitrogen and oxygen atoms in total. The number of nitrogens with two attached hydrogens (primary N) is 1. The summed E-state index contributed by atoms with van der Waals surface area (Å²) in [5, 5.41) is 19.8. The van der Waals surface area contributed by atoms with Gasteiger partial charge in [-0.2, -0.15) is 0 Å². The monoisotopic (exact) mass is 206 g/mol. The zero-order valence-electron chi connectivity index (χ0n) is 8.27. The lowest BCUT2D eigenvalue weighted by atomic mass is 10.2. The summed E-state index contributed by atoms with van der Waals surface area (Å²) in [6, 6.07) is -1.31. The van der Waals surface area contributed by atoms with Gasteiger partial charge in [0.15, 0.2) is 0 Å². The van der Waals surface area contributed by atoms with Crippen molar-refractivity contribution in [3.8, 4) is 0 Å². The summed E-state index contributed by atoms with van der Waals surface area (Å²) >= 11 is 0. The van der Waals surface area contributed by atoms with E-state index in [1.54, 1.807) is 0 Å². The van der Waals surface area contributed by atoms with E-state index < -0.39 is 18.0 Å². The van der Waals surface area contributed by atoms with Gasteiger partial charge in [-0.25, -0.2) is 0 Å². The summed E-state index contributed by atoms with van der Waals surface area (Å²) in [6.45, 7) is -0.212. The SMILES string of the molecule is COCCC(N)C(=O)NC(CO)CO. The quantitative estimate of drug-likeness (QED) is 0.379. The van der Waals surface area contributed by atoms with E-state index >= 15 is 0 Å². The van der Waals surface area contributed by atoms with Gasteiger partial charge < -0.3 is 26.0 Å². The Morgan fingerprint density at radius 3 is 2.50 bits per heavy atom. The fourth-order valence-electron chi connectivity index (χ4n) is 0.833. The molecule has 1 unspecified atom stereocenters. The molecule has 6 heteroatoms. The molecule has 0 aromatic carbocycles. The van der Waals surface area contributed by atoms with Crippen molar-refractivity contribution in [2.45, 2.75) is 18.5 Å². The van der Waals surface area contributed by atoms with Crippen LogP contribution in [0.25, 0.3) is 0 Å². The van der Waals surface area contributed by atoms with Gasteiger partial charge in [-0.15, -0.1) is 0 Å². The van der Waals surface area contributed by atoms with Gasteiger partial charge in [0.2, 0.25) is 5.91 Å². The van der Waals surface area contributed by atoms with Gasteiger partial charge in [0.05, 0.1) is 25.3 Å². The Labute approximate surface area is 83.0 Å². The van der Waals surface area contributed by atoms with E-state index in [1.807, 2.05) is 0 Å². The lowest BCUT2D eigenvalue weighted by Crippen LogP contribution is -2.48. The van der Waals surface area contributed by atoms with E-state index in [0.29, 0.717) is 13.0 Å². The second-order valence-electron chi connectivity index (χ2n) is 2.96. The third-order valence-electron chi connectivity index (χ3n) is 1.76. The van der Waals surface area contributed by atoms with Crippen molar-refractivity contribution in [2.24, 2.45) is 5.73 Å². The Morgan fingerprint density at radius 1 is 1.50 bits per heavy atom. The van der Waals surface area contributed by atoms with Crippen molar-refractivity contribution in [1.29, 1.82) is 0 Å². The Bertz CT molecular complexity index is 161. The minimum atomic E-state index is -0.671. The second kappa shape index (κ2) is 7.69. The number of aliphatic hydroxyl groups excluding tert-OH is 2. The first-order chi connectivity index (χ1) is 6.65. The highest BCUT2D eigenvalue weighted by Crippen LogP contribution is 1.90. The minimum Gasteiger partial charge on any atom is -0.394 e. The van der Waals surface area contributed by atoms with Crippen molar-refractivity contribution < 1.29 is 19.7 Å². The third kappa shape index (κ3) is 5.13. The van der Waals surface area contributed by atoms with Crippen LogP contribution in [-0.2, 0) is 9.53 Å². The minimum absolute atomic E-state index is 0.306. The molecular weight excluding hydrogens is 188 g/mol. The van der Waals surface area contributed by atoms with E-state index in [9.17, 15) is 4.79 Å². The van der Waals surface area contributed by atoms with Crippen LogP contribution in [0.5, 0.6) is 0 Å². The summed E-state index contributed by atoms with van der Waals surface area (Å²) in [7, 11) is 1.52. The summed E-state index contributed by atoms with van der Waals surface area (Å²) in [5.41, 5.74) is 5.51. The van der Waals surface area contributed by atoms with Crippen LogP contribution in [0.3, 0.4) is 0 Å². The van der Waals surface area contributed by atoms with Gasteiger partial charge in [0.1, 0.15) is 0 Å². The van der Waals surface area contributed by atoms with E-state index in [0.717, 1.165) is 0 Å². The Kier molecular flexibility index (Phi) is 7.31. The summed E-state index contributed by atoms with van der Waals surface area (Å²) in [5.74, 6) is -0.393. The average molecular weight is 206 g/mol. The topological polar surface area (TPSA) is 105 Å². The number of carbonyl (C=O) groups excluding carboxylic acids is 1. The third-order valence-corrected chi connectivity index (χ3v) is 1.76. The number of ether oxygens (including phenoxy) is 1. The van der Waals surface area contributed by atoms with Gasteiger partial charge in [0.25, 0.3) is 0 Å². The molecule has 0 aromatic rings. The smallest absolute Gasteiger partial charge is 0.237 e. The lowest BCUT2D eigenvalue weighted by molar-refractivity contribution is -0.124. The molecule has 0 aliphatic carbocycles. The maximum absolute atomic E-state index is 11.3. The molecule has 0 aromatic heterocycles. The molecular formula is C8H18N2O4. The first-order valence-electron chi connectivity index (χ1n) is 4.42. The molecule has 0 aliphatic rings. The summed E-state index contributed by atoms with van der Waals surface area (Å²) in [6.07, 6.45) is 0.409. The molecule has 0 fully saturated rings. The van der Waals surface area contributed by atoms with Crippen LogP contribution in [0.1, 0.15) is 6.42 Å². The molecule has 0 saturated heterocycles. The molecule has 0 heterocycles. The zero-order chi connectivity index (χ0) is 11.0. The number of carbonyl (C=O) groups is 1. The van der Waals surface area contributed by atoms with Crippen LogP contribution < -0.4 is 11.1 Å². The molecule has 1 atom stereocenters. The molecule has 5 N–H and O–H groups in total. The zero-order valence-corrected chi connectivity index (χ0v) is 8.27. The molecule has 0 aliphatic heterocycles. The van der Waals surface area contributed by atoms with Crippen LogP contribution in [-0.4, -0.2) is 55.1 Å². The molecule has 0 bridgehead atoms. The maximum atomic E-state index is 11.3. The average Bonchev–Trinajstić information content (AvgIpc) is 2.21. The largest absolute Gasteiger partial charge is 0.394 e. The van der Waals surface area contributed by atoms with Gasteiger partial charge in [0, 0.05) is 13.7 Å².